The van der Waals surface area contributed by atoms with Crippen LogP contribution in [0.15, 0.2) is 304 Å². The lowest BCUT2D eigenvalue weighted by Gasteiger charge is -2.06. The summed E-state index contributed by atoms with van der Waals surface area (Å²) in [6.45, 7) is 20.6. The van der Waals surface area contributed by atoms with Crippen molar-refractivity contribution in [2.45, 2.75) is 82.3 Å². The summed E-state index contributed by atoms with van der Waals surface area (Å²) in [5.74, 6) is 2.12. The summed E-state index contributed by atoms with van der Waals surface area (Å²) in [5.41, 5.74) is 69.7. The molecule has 0 aliphatic rings. The van der Waals surface area contributed by atoms with Crippen LogP contribution in [0, 0.1) is 80.9 Å². The van der Waals surface area contributed by atoms with E-state index in [1.54, 1.807) is 81.4 Å². The van der Waals surface area contributed by atoms with Crippen molar-refractivity contribution in [2.24, 2.45) is 22.9 Å². The fraction of sp³-hybridized carbons (Fsp3) is 0.111. The number of nitrogens with zero attached hydrogens (tertiary/aromatic N) is 6. The van der Waals surface area contributed by atoms with E-state index in [1.807, 2.05) is 187 Å². The highest BCUT2D eigenvalue weighted by Gasteiger charge is 2.12. The van der Waals surface area contributed by atoms with E-state index in [4.69, 9.17) is 80.5 Å². The predicted molar refractivity (Wildman–Crippen MR) is 543 cm³/mol. The number of benzene rings is 14. The van der Waals surface area contributed by atoms with Crippen LogP contribution in [-0.4, -0.2) is 41.7 Å². The molecule has 6 heterocycles. The number of pyridine rings is 6. The molecular weight excluding hydrogens is 1660 g/mol. The molecule has 6 aromatic heterocycles. The first-order valence-corrected chi connectivity index (χ1v) is 42.4. The first-order valence-electron chi connectivity index (χ1n) is 41.6. The van der Waals surface area contributed by atoms with E-state index in [0.29, 0.717) is 70.3 Å². The number of fused-ring (bicyclic) bond motifs is 10. The Bertz CT molecular complexity index is 7270. The fourth-order valence-corrected chi connectivity index (χ4v) is 14.7. The Kier molecular flexibility index (Phi) is 32.4. The standard InChI is InChI=1S/C12H11NO.C12H13N.C11H9Cl.C11H9F.C11H11N3O.C11H13N3.C10H9ClN2.C10H9FN2.2C10H10N2/c1-8-6-9-4-2-3-5-10(9)7-11(8)12(13)14;1-9-6-10-4-2-3-5-11(10)7-12(9)8-13;2*1-8-6-9-4-2-3-5-10(9)7-11(8)12;1-6-4-9-7(2-3-14-10(9)12)5-8(6)11(13)15;1-7-4-10-8(5-9(7)6-12)2-3-14-11(10)13;2*1-6-4-8-7(5-9(6)11)2-3-13-10(8)12;1-7-2-3-9-8(6-7)4-5-12-10(9)11;1-7-2-3-8-4-5-12-10(11)9(8)6-7/h2-7H,1H3,(H2,13,14);2-7H,8,13H2,1H3;2*2-7H,1H3;2-5H,1H3,(H2,12,14)(H2,13,15);2-5H,6,12H2,1H3,(H2,13,14);2*2-5H,1H3,(H2,12,13);2*2-6H,1H3,(H2,11,12). The zero-order valence-electron chi connectivity index (χ0n) is 74.1. The predicted octanol–water partition coefficient (Wildman–Crippen LogP) is 24.0. The summed E-state index contributed by atoms with van der Waals surface area (Å²) in [6, 6.07) is 86.4. The summed E-state index contributed by atoms with van der Waals surface area (Å²) in [7, 11) is 0. The molecular formula is C108H104Cl2F2N16O2. The Balaban J connectivity index is 0.000000140. The Labute approximate surface area is 764 Å². The van der Waals surface area contributed by atoms with Gasteiger partial charge in [0.15, 0.2) is 0 Å². The minimum absolute atomic E-state index is 0.131. The van der Waals surface area contributed by atoms with E-state index >= 15 is 0 Å². The lowest BCUT2D eigenvalue weighted by Crippen LogP contribution is -2.12. The van der Waals surface area contributed by atoms with Crippen LogP contribution in [0.1, 0.15) is 87.5 Å². The molecule has 0 aliphatic carbocycles. The molecule has 130 heavy (non-hydrogen) atoms. The monoisotopic (exact) mass is 1760 g/mol. The topological polar surface area (TPSA) is 372 Å². The number of aryl methyl sites for hydroxylation is 10. The number of anilines is 6. The van der Waals surface area contributed by atoms with Crippen molar-refractivity contribution in [3.63, 3.8) is 0 Å². The molecule has 0 unspecified atom stereocenters. The maximum absolute atomic E-state index is 13.1. The van der Waals surface area contributed by atoms with Crippen LogP contribution in [0.2, 0.25) is 10.0 Å². The number of rotatable bonds is 4. The number of carbonyl (C=O) groups is 2. The van der Waals surface area contributed by atoms with Gasteiger partial charge in [-0.3, -0.25) is 9.59 Å². The molecule has 0 fully saturated rings. The SMILES string of the molecule is Cc1cc2c(N)nccc2cc1C(N)=O.Cc1cc2c(N)nccc2cc1CN.Cc1cc2c(N)nccc2cc1Cl.Cc1cc2c(N)nccc2cc1F.Cc1cc2ccccc2cc1C(N)=O.Cc1cc2ccccc2cc1CN.Cc1cc2ccccc2cc1Cl.Cc1cc2ccccc2cc1F.Cc1ccc2c(N)nccc2c1.Cc1ccc2ccnc(N)c2c1. The van der Waals surface area contributed by atoms with Gasteiger partial charge in [0.1, 0.15) is 46.5 Å². The highest BCUT2D eigenvalue weighted by molar-refractivity contribution is 6.32. The van der Waals surface area contributed by atoms with E-state index in [0.717, 1.165) is 124 Å². The van der Waals surface area contributed by atoms with Crippen molar-refractivity contribution >= 4 is 178 Å². The quantitative estimate of drug-likeness (QED) is 0.0782. The van der Waals surface area contributed by atoms with Gasteiger partial charge in [-0.2, -0.15) is 0 Å². The molecule has 20 N–H and O–H groups in total. The molecule has 0 saturated carbocycles. The number of hydrogen-bond donors (Lipinski definition) is 10. The molecule has 22 heteroatoms. The lowest BCUT2D eigenvalue weighted by atomic mass is 10.0. The number of aromatic nitrogens is 6. The zero-order valence-corrected chi connectivity index (χ0v) is 75.6. The van der Waals surface area contributed by atoms with Crippen molar-refractivity contribution in [2.75, 3.05) is 34.4 Å². The van der Waals surface area contributed by atoms with E-state index in [1.165, 1.54) is 55.4 Å². The minimum atomic E-state index is -0.426. The number of amides is 2. The molecule has 0 radical (unpaired) electrons. The van der Waals surface area contributed by atoms with E-state index in [9.17, 15) is 18.4 Å². The average molecular weight is 1770 g/mol. The van der Waals surface area contributed by atoms with E-state index < -0.39 is 5.91 Å². The fourth-order valence-electron chi connectivity index (χ4n) is 14.4. The van der Waals surface area contributed by atoms with Gasteiger partial charge in [-0.25, -0.2) is 38.7 Å². The molecule has 656 valence electrons. The molecule has 18 nitrogen and oxygen atoms in total. The van der Waals surface area contributed by atoms with E-state index in [-0.39, 0.29) is 17.5 Å². The molecule has 0 saturated heterocycles. The maximum Gasteiger partial charge on any atom is 0.248 e. The Morgan fingerprint density at radius 3 is 0.954 bits per heavy atom. The molecule has 20 rings (SSSR count). The second kappa shape index (κ2) is 44.2. The van der Waals surface area contributed by atoms with Crippen LogP contribution in [0.4, 0.5) is 43.7 Å². The van der Waals surface area contributed by atoms with E-state index in [2.05, 4.69) is 129 Å². The van der Waals surface area contributed by atoms with Gasteiger partial charge in [0, 0.05) is 104 Å². The van der Waals surface area contributed by atoms with Gasteiger partial charge in [-0.15, -0.1) is 0 Å². The second-order valence-electron chi connectivity index (χ2n) is 31.3. The summed E-state index contributed by atoms with van der Waals surface area (Å²) in [6.07, 6.45) is 10.0. The normalized spacial score (nSPS) is 10.5. The van der Waals surface area contributed by atoms with Crippen molar-refractivity contribution in [1.82, 2.24) is 29.9 Å². The highest BCUT2D eigenvalue weighted by atomic mass is 35.5. The second-order valence-corrected chi connectivity index (χ2v) is 32.1. The number of halogens is 4. The molecule has 0 bridgehead atoms. The number of nitrogen functional groups attached to an aromatic ring is 6. The molecule has 0 aliphatic heterocycles. The molecule has 0 atom stereocenters. The first-order chi connectivity index (χ1) is 62.2. The summed E-state index contributed by atoms with van der Waals surface area (Å²) in [4.78, 5) is 46.2. The summed E-state index contributed by atoms with van der Waals surface area (Å²) < 4.78 is 26.2. The zero-order chi connectivity index (χ0) is 93.6. The third kappa shape index (κ3) is 24.7. The maximum atomic E-state index is 13.1. The third-order valence-electron chi connectivity index (χ3n) is 21.8. The van der Waals surface area contributed by atoms with Crippen molar-refractivity contribution in [1.29, 1.82) is 0 Å². The van der Waals surface area contributed by atoms with Gasteiger partial charge >= 0.3 is 0 Å². The number of primary amides is 2. The van der Waals surface area contributed by atoms with Gasteiger partial charge in [-0.1, -0.05) is 174 Å². The molecule has 2 amide bonds. The molecule has 0 spiro atoms. The van der Waals surface area contributed by atoms with Gasteiger partial charge < -0.3 is 57.3 Å². The number of hydrogen-bond acceptors (Lipinski definition) is 16. The van der Waals surface area contributed by atoms with Gasteiger partial charge in [0.25, 0.3) is 0 Å². The van der Waals surface area contributed by atoms with Gasteiger partial charge in [0.2, 0.25) is 11.8 Å². The Morgan fingerprint density at radius 1 is 0.254 bits per heavy atom. The minimum Gasteiger partial charge on any atom is -0.383 e. The van der Waals surface area contributed by atoms with Crippen LogP contribution >= 0.6 is 23.2 Å². The average Bonchev–Trinajstić information content (AvgIpc) is 0.796. The Morgan fingerprint density at radius 2 is 0.508 bits per heavy atom. The van der Waals surface area contributed by atoms with Crippen molar-refractivity contribution < 1.29 is 18.4 Å². The first kappa shape index (κ1) is 95.3. The van der Waals surface area contributed by atoms with Gasteiger partial charge in [0.05, 0.1) is 0 Å². The number of nitrogens with two attached hydrogens (primary N) is 10. The largest absolute Gasteiger partial charge is 0.383 e. The third-order valence-corrected chi connectivity index (χ3v) is 22.6. The van der Waals surface area contributed by atoms with Crippen molar-refractivity contribution in [3.8, 4) is 0 Å². The molecule has 14 aromatic carbocycles. The van der Waals surface area contributed by atoms with Crippen LogP contribution in [-0.2, 0) is 13.1 Å². The van der Waals surface area contributed by atoms with Crippen LogP contribution in [0.25, 0.3) is 108 Å². The summed E-state index contributed by atoms with van der Waals surface area (Å²) >= 11 is 12.0. The molecule has 20 aromatic rings. The highest BCUT2D eigenvalue weighted by Crippen LogP contribution is 2.31. The van der Waals surface area contributed by atoms with Crippen molar-refractivity contribution in [3.05, 3.63) is 404 Å². The Hall–Kier alpha value is -15.3. The summed E-state index contributed by atoms with van der Waals surface area (Å²) in [5, 5.41) is 22.6. The van der Waals surface area contributed by atoms with Crippen LogP contribution in [0.5, 0.6) is 0 Å². The number of carbonyl (C=O) groups excluding carboxylic acids is 2. The smallest absolute Gasteiger partial charge is 0.248 e. The van der Waals surface area contributed by atoms with Crippen LogP contribution in [0.3, 0.4) is 0 Å². The van der Waals surface area contributed by atoms with Crippen LogP contribution < -0.4 is 57.3 Å². The lowest BCUT2D eigenvalue weighted by molar-refractivity contribution is 0.0991. The van der Waals surface area contributed by atoms with Gasteiger partial charge in [-0.05, 0) is 328 Å².